The number of hydrogen-bond acceptors (Lipinski definition) is 4. The van der Waals surface area contributed by atoms with Crippen molar-refractivity contribution in [2.45, 2.75) is 24.8 Å². The van der Waals surface area contributed by atoms with Crippen LogP contribution in [0, 0.1) is 0 Å². The predicted octanol–water partition coefficient (Wildman–Crippen LogP) is 1.51. The molecule has 19 heavy (non-hydrogen) atoms. The van der Waals surface area contributed by atoms with Gasteiger partial charge >= 0.3 is 0 Å². The van der Waals surface area contributed by atoms with Crippen LogP contribution < -0.4 is 15.8 Å². The van der Waals surface area contributed by atoms with Gasteiger partial charge in [0, 0.05) is 17.5 Å². The molecular formula is C13H17N3O2S. The zero-order valence-electron chi connectivity index (χ0n) is 10.7. The van der Waals surface area contributed by atoms with E-state index in [4.69, 9.17) is 5.73 Å². The molecule has 0 spiro atoms. The summed E-state index contributed by atoms with van der Waals surface area (Å²) in [4.78, 5) is 23.5. The van der Waals surface area contributed by atoms with Crippen molar-refractivity contribution in [3.63, 3.8) is 0 Å². The van der Waals surface area contributed by atoms with E-state index in [2.05, 4.69) is 10.0 Å². The minimum absolute atomic E-state index is 0.153. The average molecular weight is 279 g/mol. The third-order valence-corrected chi connectivity index (χ3v) is 3.69. The molecule has 2 rings (SSSR count). The summed E-state index contributed by atoms with van der Waals surface area (Å²) in [6.07, 6.45) is 4.24. The van der Waals surface area contributed by atoms with Crippen molar-refractivity contribution >= 4 is 29.4 Å². The number of rotatable bonds is 4. The molecule has 0 bridgehead atoms. The molecule has 2 amide bonds. The lowest BCUT2D eigenvalue weighted by molar-refractivity contribution is -0.123. The zero-order valence-corrected chi connectivity index (χ0v) is 11.5. The summed E-state index contributed by atoms with van der Waals surface area (Å²) in [5.74, 6) is -0.306. The van der Waals surface area contributed by atoms with Crippen LogP contribution in [0.15, 0.2) is 24.3 Å². The molecule has 1 aliphatic carbocycles. The van der Waals surface area contributed by atoms with E-state index >= 15 is 0 Å². The summed E-state index contributed by atoms with van der Waals surface area (Å²) in [7, 11) is 0. The number of hydrogen-bond donors (Lipinski definition) is 3. The van der Waals surface area contributed by atoms with Crippen molar-refractivity contribution in [3.05, 3.63) is 29.8 Å². The Morgan fingerprint density at radius 3 is 2.37 bits per heavy atom. The molecule has 1 aromatic rings. The van der Waals surface area contributed by atoms with E-state index in [1.165, 1.54) is 11.9 Å². The monoisotopic (exact) mass is 279 g/mol. The van der Waals surface area contributed by atoms with Gasteiger partial charge in [0.25, 0.3) is 5.91 Å². The number of carbonyl (C=O) groups excluding carboxylic acids is 2. The molecule has 1 aromatic carbocycles. The van der Waals surface area contributed by atoms with Crippen molar-refractivity contribution in [1.29, 1.82) is 0 Å². The summed E-state index contributed by atoms with van der Waals surface area (Å²) >= 11 is 1.25. The number of nitrogens with one attached hydrogen (secondary N) is 2. The fraction of sp³-hybridized carbons (Fsp3) is 0.385. The molecule has 1 fully saturated rings. The SMILES string of the molecule is CSNC(=O)c1ccc(NC(=O)C2(N)CCC2)cc1. The number of anilines is 1. The van der Waals surface area contributed by atoms with Crippen LogP contribution in [0.2, 0.25) is 0 Å². The highest BCUT2D eigenvalue weighted by atomic mass is 32.2. The Balaban J connectivity index is 1.99. The minimum Gasteiger partial charge on any atom is -0.324 e. The molecule has 1 saturated carbocycles. The quantitative estimate of drug-likeness (QED) is 0.729. The van der Waals surface area contributed by atoms with Gasteiger partial charge in [0.1, 0.15) is 0 Å². The highest BCUT2D eigenvalue weighted by Crippen LogP contribution is 2.30. The highest BCUT2D eigenvalue weighted by Gasteiger charge is 2.40. The van der Waals surface area contributed by atoms with Crippen molar-refractivity contribution in [2.24, 2.45) is 5.73 Å². The molecule has 0 unspecified atom stereocenters. The molecule has 0 saturated heterocycles. The number of benzene rings is 1. The third-order valence-electron chi connectivity index (χ3n) is 3.30. The van der Waals surface area contributed by atoms with E-state index in [1.807, 2.05) is 0 Å². The Labute approximate surface area is 116 Å². The second kappa shape index (κ2) is 5.63. The normalized spacial score (nSPS) is 16.3. The molecule has 0 radical (unpaired) electrons. The molecule has 0 heterocycles. The molecule has 5 nitrogen and oxygen atoms in total. The Hall–Kier alpha value is -1.53. The first kappa shape index (κ1) is 13.9. The highest BCUT2D eigenvalue weighted by molar-refractivity contribution is 7.97. The van der Waals surface area contributed by atoms with E-state index in [0.717, 1.165) is 19.3 Å². The zero-order chi connectivity index (χ0) is 13.9. The topological polar surface area (TPSA) is 84.2 Å². The van der Waals surface area contributed by atoms with Crippen LogP contribution in [0.4, 0.5) is 5.69 Å². The molecule has 6 heteroatoms. The lowest BCUT2D eigenvalue weighted by Gasteiger charge is -2.36. The Bertz CT molecular complexity index is 483. The van der Waals surface area contributed by atoms with Crippen LogP contribution in [0.3, 0.4) is 0 Å². The largest absolute Gasteiger partial charge is 0.324 e. The van der Waals surface area contributed by atoms with E-state index in [9.17, 15) is 9.59 Å². The van der Waals surface area contributed by atoms with Crippen molar-refractivity contribution in [2.75, 3.05) is 11.6 Å². The van der Waals surface area contributed by atoms with Gasteiger partial charge < -0.3 is 11.1 Å². The maximum Gasteiger partial charge on any atom is 0.261 e. The van der Waals surface area contributed by atoms with Gasteiger partial charge in [-0.1, -0.05) is 11.9 Å². The van der Waals surface area contributed by atoms with Crippen molar-refractivity contribution in [3.8, 4) is 0 Å². The fourth-order valence-corrected chi connectivity index (χ4v) is 2.20. The molecular weight excluding hydrogens is 262 g/mol. The number of nitrogens with two attached hydrogens (primary N) is 1. The average Bonchev–Trinajstić information content (AvgIpc) is 2.37. The summed E-state index contributed by atoms with van der Waals surface area (Å²) < 4.78 is 2.63. The minimum atomic E-state index is -0.713. The van der Waals surface area contributed by atoms with Gasteiger partial charge in [0.05, 0.1) is 5.54 Å². The molecule has 0 atom stereocenters. The fourth-order valence-electron chi connectivity index (χ4n) is 1.90. The summed E-state index contributed by atoms with van der Waals surface area (Å²) in [6.45, 7) is 0. The van der Waals surface area contributed by atoms with Gasteiger partial charge in [-0.15, -0.1) is 0 Å². The first-order chi connectivity index (χ1) is 9.05. The van der Waals surface area contributed by atoms with Gasteiger partial charge in [0.2, 0.25) is 5.91 Å². The lowest BCUT2D eigenvalue weighted by atomic mass is 9.77. The van der Waals surface area contributed by atoms with Gasteiger partial charge in [-0.25, -0.2) is 0 Å². The van der Waals surface area contributed by atoms with E-state index in [-0.39, 0.29) is 11.8 Å². The lowest BCUT2D eigenvalue weighted by Crippen LogP contribution is -2.56. The third kappa shape index (κ3) is 3.08. The van der Waals surface area contributed by atoms with Gasteiger partial charge in [-0.05, 0) is 43.5 Å². The van der Waals surface area contributed by atoms with E-state index < -0.39 is 5.54 Å². The second-order valence-corrected chi connectivity index (χ2v) is 5.29. The Kier molecular flexibility index (Phi) is 4.11. The second-order valence-electron chi connectivity index (χ2n) is 4.68. The molecule has 4 N–H and O–H groups in total. The summed E-state index contributed by atoms with van der Waals surface area (Å²) in [6, 6.07) is 6.75. The Morgan fingerprint density at radius 1 is 1.26 bits per heavy atom. The van der Waals surface area contributed by atoms with Crippen molar-refractivity contribution in [1.82, 2.24) is 4.72 Å². The first-order valence-electron chi connectivity index (χ1n) is 6.09. The summed E-state index contributed by atoms with van der Waals surface area (Å²) in [5, 5.41) is 2.78. The molecule has 0 aromatic heterocycles. The van der Waals surface area contributed by atoms with Crippen molar-refractivity contribution < 1.29 is 9.59 Å². The predicted molar refractivity (Wildman–Crippen MR) is 76.8 cm³/mol. The molecule has 102 valence electrons. The van der Waals surface area contributed by atoms with E-state index in [1.54, 1.807) is 30.5 Å². The first-order valence-corrected chi connectivity index (χ1v) is 7.31. The Morgan fingerprint density at radius 2 is 1.89 bits per heavy atom. The van der Waals surface area contributed by atoms with Crippen LogP contribution in [-0.2, 0) is 4.79 Å². The van der Waals surface area contributed by atoms with Crippen LogP contribution in [0.25, 0.3) is 0 Å². The summed E-state index contributed by atoms with van der Waals surface area (Å²) in [5.41, 5.74) is 6.43. The van der Waals surface area contributed by atoms with Gasteiger partial charge in [-0.2, -0.15) is 0 Å². The number of amides is 2. The molecule has 0 aliphatic heterocycles. The van der Waals surface area contributed by atoms with Crippen LogP contribution >= 0.6 is 11.9 Å². The number of carbonyl (C=O) groups is 2. The smallest absolute Gasteiger partial charge is 0.261 e. The maximum absolute atomic E-state index is 11.9. The standard InChI is InChI=1S/C13H17N3O2S/c1-19-16-11(17)9-3-5-10(6-4-9)15-12(18)13(14)7-2-8-13/h3-6H,2,7-8,14H2,1H3,(H,15,18)(H,16,17). The van der Waals surface area contributed by atoms with Gasteiger partial charge in [-0.3, -0.25) is 14.3 Å². The van der Waals surface area contributed by atoms with E-state index in [0.29, 0.717) is 11.3 Å². The van der Waals surface area contributed by atoms with Gasteiger partial charge in [0.15, 0.2) is 0 Å². The van der Waals surface area contributed by atoms with Crippen LogP contribution in [0.5, 0.6) is 0 Å². The van der Waals surface area contributed by atoms with Crippen LogP contribution in [-0.4, -0.2) is 23.6 Å². The molecule has 1 aliphatic rings. The maximum atomic E-state index is 11.9. The van der Waals surface area contributed by atoms with Crippen LogP contribution in [0.1, 0.15) is 29.6 Å².